The summed E-state index contributed by atoms with van der Waals surface area (Å²) in [6.45, 7) is 1.87. The van der Waals surface area contributed by atoms with Crippen molar-refractivity contribution in [2.45, 2.75) is 12.8 Å². The van der Waals surface area contributed by atoms with Gasteiger partial charge in [0.25, 0.3) is 0 Å². The topological polar surface area (TPSA) is 41.6 Å². The highest BCUT2D eigenvalue weighted by Crippen LogP contribution is 2.27. The molecule has 0 unspecified atom stereocenters. The summed E-state index contributed by atoms with van der Waals surface area (Å²) in [5, 5.41) is 2.93. The van der Waals surface area contributed by atoms with Crippen LogP contribution in [0.15, 0.2) is 28.7 Å². The molecule has 1 fully saturated rings. The standard InChI is InChI=1S/C14H19BrN2O2/c1-17(14(18)16-10-11-2-3-11)8-9-19-13-6-4-12(15)5-7-13/h4-7,11H,2-3,8-10H2,1H3,(H,16,18). The van der Waals surface area contributed by atoms with Crippen molar-refractivity contribution in [2.75, 3.05) is 26.7 Å². The highest BCUT2D eigenvalue weighted by molar-refractivity contribution is 9.10. The Morgan fingerprint density at radius 1 is 1.42 bits per heavy atom. The number of hydrogen-bond donors (Lipinski definition) is 1. The summed E-state index contributed by atoms with van der Waals surface area (Å²) in [4.78, 5) is 13.4. The van der Waals surface area contributed by atoms with Crippen molar-refractivity contribution in [3.05, 3.63) is 28.7 Å². The maximum Gasteiger partial charge on any atom is 0.317 e. The van der Waals surface area contributed by atoms with Gasteiger partial charge in [0.1, 0.15) is 12.4 Å². The molecule has 0 bridgehead atoms. The molecule has 104 valence electrons. The molecular formula is C14H19BrN2O2. The van der Waals surface area contributed by atoms with Crippen molar-refractivity contribution >= 4 is 22.0 Å². The van der Waals surface area contributed by atoms with Gasteiger partial charge in [0, 0.05) is 18.1 Å². The molecule has 0 atom stereocenters. The highest BCUT2D eigenvalue weighted by Gasteiger charge is 2.22. The lowest BCUT2D eigenvalue weighted by Gasteiger charge is -2.18. The third-order valence-electron chi connectivity index (χ3n) is 3.09. The number of nitrogens with zero attached hydrogens (tertiary/aromatic N) is 1. The molecule has 2 rings (SSSR count). The van der Waals surface area contributed by atoms with Crippen LogP contribution in [0, 0.1) is 5.92 Å². The average Bonchev–Trinajstić information content (AvgIpc) is 3.22. The Hall–Kier alpha value is -1.23. The van der Waals surface area contributed by atoms with Gasteiger partial charge in [0.2, 0.25) is 0 Å². The summed E-state index contributed by atoms with van der Waals surface area (Å²) in [5.41, 5.74) is 0. The van der Waals surface area contributed by atoms with Gasteiger partial charge in [-0.05, 0) is 43.0 Å². The molecule has 1 aliphatic rings. The van der Waals surface area contributed by atoms with E-state index in [2.05, 4.69) is 21.2 Å². The molecule has 5 heteroatoms. The van der Waals surface area contributed by atoms with E-state index in [-0.39, 0.29) is 6.03 Å². The first-order chi connectivity index (χ1) is 9.15. The normalized spacial score (nSPS) is 14.0. The van der Waals surface area contributed by atoms with Gasteiger partial charge in [0.05, 0.1) is 6.54 Å². The maximum absolute atomic E-state index is 11.7. The number of likely N-dealkylation sites (N-methyl/N-ethyl adjacent to an activating group) is 1. The fourth-order valence-electron chi connectivity index (χ4n) is 1.62. The predicted molar refractivity (Wildman–Crippen MR) is 78.4 cm³/mol. The van der Waals surface area contributed by atoms with E-state index in [4.69, 9.17) is 4.74 Å². The van der Waals surface area contributed by atoms with Crippen molar-refractivity contribution in [3.8, 4) is 5.75 Å². The van der Waals surface area contributed by atoms with Gasteiger partial charge < -0.3 is 15.0 Å². The Kier molecular flexibility index (Phi) is 5.07. The predicted octanol–water partition coefficient (Wildman–Crippen LogP) is 2.88. The molecule has 19 heavy (non-hydrogen) atoms. The summed E-state index contributed by atoms with van der Waals surface area (Å²) in [6.07, 6.45) is 2.49. The van der Waals surface area contributed by atoms with E-state index >= 15 is 0 Å². The molecule has 2 amide bonds. The zero-order chi connectivity index (χ0) is 13.7. The van der Waals surface area contributed by atoms with Gasteiger partial charge in [-0.1, -0.05) is 15.9 Å². The molecule has 0 radical (unpaired) electrons. The van der Waals surface area contributed by atoms with Crippen LogP contribution >= 0.6 is 15.9 Å². The van der Waals surface area contributed by atoms with Crippen molar-refractivity contribution < 1.29 is 9.53 Å². The van der Waals surface area contributed by atoms with Crippen LogP contribution in [0.3, 0.4) is 0 Å². The summed E-state index contributed by atoms with van der Waals surface area (Å²) < 4.78 is 6.60. The molecule has 0 saturated heterocycles. The van der Waals surface area contributed by atoms with E-state index in [9.17, 15) is 4.79 Å². The number of carbonyl (C=O) groups is 1. The number of rotatable bonds is 6. The molecule has 0 aromatic heterocycles. The fraction of sp³-hybridized carbons (Fsp3) is 0.500. The van der Waals surface area contributed by atoms with Crippen LogP contribution in [0.2, 0.25) is 0 Å². The van der Waals surface area contributed by atoms with Crippen LogP contribution in [0.4, 0.5) is 4.79 Å². The molecule has 1 aromatic carbocycles. The Labute approximate surface area is 122 Å². The van der Waals surface area contributed by atoms with Crippen LogP contribution in [0.5, 0.6) is 5.75 Å². The van der Waals surface area contributed by atoms with E-state index in [0.29, 0.717) is 19.1 Å². The van der Waals surface area contributed by atoms with E-state index in [0.717, 1.165) is 16.8 Å². The Morgan fingerprint density at radius 3 is 2.74 bits per heavy atom. The smallest absolute Gasteiger partial charge is 0.317 e. The minimum absolute atomic E-state index is 0.0219. The van der Waals surface area contributed by atoms with Gasteiger partial charge in [-0.25, -0.2) is 4.79 Å². The van der Waals surface area contributed by atoms with Gasteiger partial charge in [-0.15, -0.1) is 0 Å². The zero-order valence-corrected chi connectivity index (χ0v) is 12.6. The van der Waals surface area contributed by atoms with E-state index < -0.39 is 0 Å². The third kappa shape index (κ3) is 5.11. The number of halogens is 1. The largest absolute Gasteiger partial charge is 0.492 e. The van der Waals surface area contributed by atoms with Crippen LogP contribution in [-0.2, 0) is 0 Å². The first-order valence-electron chi connectivity index (χ1n) is 6.52. The summed E-state index contributed by atoms with van der Waals surface area (Å²) in [6, 6.07) is 7.64. The Morgan fingerprint density at radius 2 is 2.11 bits per heavy atom. The highest BCUT2D eigenvalue weighted by atomic mass is 79.9. The lowest BCUT2D eigenvalue weighted by molar-refractivity contribution is 0.195. The number of carbonyl (C=O) groups excluding carboxylic acids is 1. The number of amides is 2. The number of urea groups is 1. The maximum atomic E-state index is 11.7. The molecule has 0 spiro atoms. The second kappa shape index (κ2) is 6.80. The summed E-state index contributed by atoms with van der Waals surface area (Å²) >= 11 is 3.37. The van der Waals surface area contributed by atoms with Crippen LogP contribution in [-0.4, -0.2) is 37.7 Å². The van der Waals surface area contributed by atoms with Crippen molar-refractivity contribution in [1.82, 2.24) is 10.2 Å². The lowest BCUT2D eigenvalue weighted by atomic mass is 10.3. The number of nitrogens with one attached hydrogen (secondary N) is 1. The first-order valence-corrected chi connectivity index (χ1v) is 7.32. The van der Waals surface area contributed by atoms with Gasteiger partial charge >= 0.3 is 6.03 Å². The zero-order valence-electron chi connectivity index (χ0n) is 11.1. The van der Waals surface area contributed by atoms with E-state index in [1.54, 1.807) is 11.9 Å². The molecular weight excluding hydrogens is 308 g/mol. The lowest BCUT2D eigenvalue weighted by Crippen LogP contribution is -2.40. The van der Waals surface area contributed by atoms with Crippen molar-refractivity contribution in [3.63, 3.8) is 0 Å². The van der Waals surface area contributed by atoms with Gasteiger partial charge in [-0.2, -0.15) is 0 Å². The van der Waals surface area contributed by atoms with E-state index in [1.165, 1.54) is 12.8 Å². The number of ether oxygens (including phenoxy) is 1. The average molecular weight is 327 g/mol. The number of hydrogen-bond acceptors (Lipinski definition) is 2. The summed E-state index contributed by atoms with van der Waals surface area (Å²) in [5.74, 6) is 1.52. The minimum Gasteiger partial charge on any atom is -0.492 e. The molecule has 1 aromatic rings. The third-order valence-corrected chi connectivity index (χ3v) is 3.62. The van der Waals surface area contributed by atoms with E-state index in [1.807, 2.05) is 24.3 Å². The monoisotopic (exact) mass is 326 g/mol. The molecule has 0 aliphatic heterocycles. The van der Waals surface area contributed by atoms with Crippen LogP contribution in [0.1, 0.15) is 12.8 Å². The first kappa shape index (κ1) is 14.2. The second-order valence-electron chi connectivity index (χ2n) is 4.85. The molecule has 1 N–H and O–H groups in total. The van der Waals surface area contributed by atoms with Crippen LogP contribution in [0.25, 0.3) is 0 Å². The van der Waals surface area contributed by atoms with Gasteiger partial charge in [0.15, 0.2) is 0 Å². The Bertz CT molecular complexity index is 418. The van der Waals surface area contributed by atoms with Crippen LogP contribution < -0.4 is 10.1 Å². The second-order valence-corrected chi connectivity index (χ2v) is 5.77. The molecule has 1 aliphatic carbocycles. The quantitative estimate of drug-likeness (QED) is 0.873. The van der Waals surface area contributed by atoms with Crippen molar-refractivity contribution in [2.24, 2.45) is 5.92 Å². The molecule has 4 nitrogen and oxygen atoms in total. The molecule has 0 heterocycles. The Balaban J connectivity index is 1.63. The fourth-order valence-corrected chi connectivity index (χ4v) is 1.89. The minimum atomic E-state index is -0.0219. The molecule has 1 saturated carbocycles. The SMILES string of the molecule is CN(CCOc1ccc(Br)cc1)C(=O)NCC1CC1. The number of benzene rings is 1. The summed E-state index contributed by atoms with van der Waals surface area (Å²) in [7, 11) is 1.78. The van der Waals surface area contributed by atoms with Gasteiger partial charge in [-0.3, -0.25) is 0 Å². The van der Waals surface area contributed by atoms with Crippen molar-refractivity contribution in [1.29, 1.82) is 0 Å².